The molecule has 1 aromatic carbocycles. The van der Waals surface area contributed by atoms with E-state index in [2.05, 4.69) is 43.1 Å². The minimum Gasteiger partial charge on any atom is -0.353 e. The number of rotatable bonds is 5. The van der Waals surface area contributed by atoms with E-state index in [0.717, 1.165) is 32.7 Å². The molecule has 0 amide bonds. The monoisotopic (exact) mass is 387 g/mol. The van der Waals surface area contributed by atoms with Gasteiger partial charge in [-0.25, -0.2) is 14.5 Å². The summed E-state index contributed by atoms with van der Waals surface area (Å²) < 4.78 is 4.20. The van der Waals surface area contributed by atoms with Gasteiger partial charge in [0.15, 0.2) is 0 Å². The first-order valence-electron chi connectivity index (χ1n) is 9.31. The summed E-state index contributed by atoms with van der Waals surface area (Å²) in [7, 11) is 0. The molecule has 1 N–H and O–H groups in total. The molecule has 5 aromatic rings. The molecule has 0 bridgehead atoms. The van der Waals surface area contributed by atoms with Crippen LogP contribution in [0.2, 0.25) is 0 Å². The van der Waals surface area contributed by atoms with Gasteiger partial charge >= 0.3 is 0 Å². The molecule has 6 rings (SSSR count). The molecular weight excluding hydrogens is 370 g/mol. The van der Waals surface area contributed by atoms with Crippen LogP contribution in [0.15, 0.2) is 55.0 Å². The number of para-hydroxylation sites is 2. The fraction of sp³-hybridized carbons (Fsp3) is 0.200. The van der Waals surface area contributed by atoms with Crippen LogP contribution in [-0.2, 0) is 6.54 Å². The number of hydrogen-bond donors (Lipinski definition) is 1. The molecule has 1 aliphatic rings. The van der Waals surface area contributed by atoms with Crippen molar-refractivity contribution in [3.63, 3.8) is 0 Å². The third-order valence-electron chi connectivity index (χ3n) is 4.98. The van der Waals surface area contributed by atoms with Gasteiger partial charge in [-0.15, -0.1) is 5.10 Å². The molecule has 138 valence electrons. The quantitative estimate of drug-likeness (QED) is 0.490. The van der Waals surface area contributed by atoms with Crippen molar-refractivity contribution < 1.29 is 0 Å². The number of nitrogens with one attached hydrogen (secondary N) is 1. The number of benzene rings is 1. The molecule has 0 aliphatic heterocycles. The lowest BCUT2D eigenvalue weighted by molar-refractivity contribution is 0.710. The zero-order valence-electron chi connectivity index (χ0n) is 15.0. The number of pyridine rings is 1. The first-order valence-corrected chi connectivity index (χ1v) is 10.1. The molecule has 0 unspecified atom stereocenters. The Morgan fingerprint density at radius 2 is 2.04 bits per heavy atom. The molecule has 1 saturated carbocycles. The van der Waals surface area contributed by atoms with E-state index < -0.39 is 0 Å². The standard InChI is InChI=1S/C20H17N7S/c1-2-6-17-15(5-1)23-18(27(17)14-7-8-14)11-22-19-25-26-12-16(24-20(26)28-19)13-4-3-9-21-10-13/h1-6,9-10,12,14H,7-8,11H2,(H,22,25). The smallest absolute Gasteiger partial charge is 0.214 e. The van der Waals surface area contributed by atoms with Gasteiger partial charge in [0, 0.05) is 24.0 Å². The van der Waals surface area contributed by atoms with Crippen molar-refractivity contribution in [1.82, 2.24) is 29.1 Å². The van der Waals surface area contributed by atoms with Crippen LogP contribution >= 0.6 is 11.3 Å². The van der Waals surface area contributed by atoms with Crippen LogP contribution < -0.4 is 5.32 Å². The van der Waals surface area contributed by atoms with Crippen LogP contribution in [-0.4, -0.2) is 29.1 Å². The van der Waals surface area contributed by atoms with E-state index in [1.54, 1.807) is 17.5 Å². The van der Waals surface area contributed by atoms with Gasteiger partial charge < -0.3 is 9.88 Å². The summed E-state index contributed by atoms with van der Waals surface area (Å²) in [6.07, 6.45) is 7.98. The Kier molecular flexibility index (Phi) is 3.45. The van der Waals surface area contributed by atoms with Crippen molar-refractivity contribution in [2.75, 3.05) is 5.32 Å². The Labute approximate surface area is 164 Å². The maximum atomic E-state index is 4.83. The van der Waals surface area contributed by atoms with Gasteiger partial charge in [0.2, 0.25) is 10.1 Å². The van der Waals surface area contributed by atoms with Crippen LogP contribution in [0.1, 0.15) is 24.7 Å². The van der Waals surface area contributed by atoms with E-state index >= 15 is 0 Å². The Balaban J connectivity index is 1.27. The fourth-order valence-electron chi connectivity index (χ4n) is 3.54. The minimum absolute atomic E-state index is 0.583. The van der Waals surface area contributed by atoms with Gasteiger partial charge in [-0.05, 0) is 37.1 Å². The fourth-order valence-corrected chi connectivity index (χ4v) is 4.32. The maximum absolute atomic E-state index is 4.83. The van der Waals surface area contributed by atoms with Crippen molar-refractivity contribution in [2.24, 2.45) is 0 Å². The maximum Gasteiger partial charge on any atom is 0.214 e. The highest BCUT2D eigenvalue weighted by atomic mass is 32.1. The number of anilines is 1. The largest absolute Gasteiger partial charge is 0.353 e. The van der Waals surface area contributed by atoms with Gasteiger partial charge in [-0.2, -0.15) is 0 Å². The number of hydrogen-bond acceptors (Lipinski definition) is 6. The van der Waals surface area contributed by atoms with Gasteiger partial charge in [0.05, 0.1) is 29.5 Å². The molecule has 8 heteroatoms. The van der Waals surface area contributed by atoms with Crippen molar-refractivity contribution in [3.05, 3.63) is 60.8 Å². The molecule has 0 radical (unpaired) electrons. The zero-order valence-corrected chi connectivity index (χ0v) is 15.8. The summed E-state index contributed by atoms with van der Waals surface area (Å²) in [6, 6.07) is 12.8. The van der Waals surface area contributed by atoms with E-state index in [-0.39, 0.29) is 0 Å². The average Bonchev–Trinajstić information content (AvgIpc) is 3.21. The Morgan fingerprint density at radius 3 is 2.86 bits per heavy atom. The van der Waals surface area contributed by atoms with Crippen LogP contribution in [0.3, 0.4) is 0 Å². The SMILES string of the molecule is c1cncc(-c2cn3nc(NCc4nc5ccccc5n4C4CC4)sc3n2)c1. The normalized spacial score (nSPS) is 14.1. The molecule has 0 atom stereocenters. The highest BCUT2D eigenvalue weighted by molar-refractivity contribution is 7.20. The predicted octanol–water partition coefficient (Wildman–Crippen LogP) is 4.15. The Bertz CT molecular complexity index is 1250. The third kappa shape index (κ3) is 2.65. The van der Waals surface area contributed by atoms with Crippen molar-refractivity contribution >= 4 is 32.5 Å². The summed E-state index contributed by atoms with van der Waals surface area (Å²) in [5.41, 5.74) is 4.15. The second-order valence-corrected chi connectivity index (χ2v) is 7.93. The molecule has 4 heterocycles. The molecule has 0 spiro atoms. The van der Waals surface area contributed by atoms with Crippen LogP contribution in [0.25, 0.3) is 27.3 Å². The van der Waals surface area contributed by atoms with Gasteiger partial charge in [-0.1, -0.05) is 23.5 Å². The third-order valence-corrected chi connectivity index (χ3v) is 5.86. The zero-order chi connectivity index (χ0) is 18.5. The Hall–Kier alpha value is -3.26. The van der Waals surface area contributed by atoms with Crippen LogP contribution in [0, 0.1) is 0 Å². The van der Waals surface area contributed by atoms with E-state index in [1.807, 2.05) is 35.1 Å². The van der Waals surface area contributed by atoms with Crippen LogP contribution in [0.5, 0.6) is 0 Å². The molecule has 1 fully saturated rings. The lowest BCUT2D eigenvalue weighted by Crippen LogP contribution is -2.08. The predicted molar refractivity (Wildman–Crippen MR) is 109 cm³/mol. The minimum atomic E-state index is 0.583. The lowest BCUT2D eigenvalue weighted by atomic mass is 10.2. The molecule has 7 nitrogen and oxygen atoms in total. The molecule has 4 aromatic heterocycles. The highest BCUT2D eigenvalue weighted by Crippen LogP contribution is 2.38. The van der Waals surface area contributed by atoms with Gasteiger partial charge in [-0.3, -0.25) is 4.98 Å². The number of imidazole rings is 2. The summed E-state index contributed by atoms with van der Waals surface area (Å²) >= 11 is 1.54. The highest BCUT2D eigenvalue weighted by Gasteiger charge is 2.28. The van der Waals surface area contributed by atoms with E-state index in [1.165, 1.54) is 18.4 Å². The first kappa shape index (κ1) is 15.8. The number of nitrogens with zero attached hydrogens (tertiary/aromatic N) is 6. The van der Waals surface area contributed by atoms with Crippen molar-refractivity contribution in [2.45, 2.75) is 25.4 Å². The average molecular weight is 387 g/mol. The summed E-state index contributed by atoms with van der Waals surface area (Å²) in [5.74, 6) is 1.06. The second kappa shape index (κ2) is 6.13. The molecule has 28 heavy (non-hydrogen) atoms. The van der Waals surface area contributed by atoms with Crippen molar-refractivity contribution in [3.8, 4) is 11.3 Å². The lowest BCUT2D eigenvalue weighted by Gasteiger charge is -2.07. The van der Waals surface area contributed by atoms with E-state index in [0.29, 0.717) is 12.6 Å². The molecule has 1 aliphatic carbocycles. The summed E-state index contributed by atoms with van der Waals surface area (Å²) in [4.78, 5) is 14.5. The summed E-state index contributed by atoms with van der Waals surface area (Å²) in [6.45, 7) is 0.650. The topological polar surface area (TPSA) is 72.9 Å². The number of aromatic nitrogens is 6. The Morgan fingerprint density at radius 1 is 1.11 bits per heavy atom. The first-order chi connectivity index (χ1) is 13.8. The molecular formula is C20H17N7S. The summed E-state index contributed by atoms with van der Waals surface area (Å²) in [5, 5.41) is 8.90. The van der Waals surface area contributed by atoms with Crippen molar-refractivity contribution in [1.29, 1.82) is 0 Å². The number of fused-ring (bicyclic) bond motifs is 2. The van der Waals surface area contributed by atoms with Gasteiger partial charge in [0.25, 0.3) is 0 Å². The van der Waals surface area contributed by atoms with Gasteiger partial charge in [0.1, 0.15) is 5.82 Å². The van der Waals surface area contributed by atoms with Crippen LogP contribution in [0.4, 0.5) is 5.13 Å². The van der Waals surface area contributed by atoms with E-state index in [9.17, 15) is 0 Å². The second-order valence-electron chi connectivity index (χ2n) is 6.97. The van der Waals surface area contributed by atoms with E-state index in [4.69, 9.17) is 4.98 Å². The molecule has 0 saturated heterocycles.